The number of anilines is 2. The molecule has 0 spiro atoms. The van der Waals surface area contributed by atoms with Crippen LogP contribution in [-0.2, 0) is 0 Å². The number of hydrogen-bond donors (Lipinski definition) is 2. The Hall–Kier alpha value is -1.71. The number of nitrogens with one attached hydrogen (secondary N) is 2. The van der Waals surface area contributed by atoms with Crippen molar-refractivity contribution in [1.82, 2.24) is 5.32 Å². The van der Waals surface area contributed by atoms with Gasteiger partial charge in [-0.15, -0.1) is 0 Å². The van der Waals surface area contributed by atoms with Crippen molar-refractivity contribution >= 4 is 17.4 Å². The van der Waals surface area contributed by atoms with Crippen LogP contribution in [0.15, 0.2) is 24.3 Å². The average molecular weight is 313 g/mol. The minimum atomic E-state index is -0.0375. The normalized spacial score (nSPS) is 34.3. The molecule has 4 aliphatic rings. The molecular formula is C19H27N3O. The van der Waals surface area contributed by atoms with E-state index in [0.717, 1.165) is 29.1 Å². The molecule has 0 heterocycles. The van der Waals surface area contributed by atoms with Crippen LogP contribution in [-0.4, -0.2) is 25.7 Å². The maximum absolute atomic E-state index is 12.5. The number of carbonyl (C=O) groups is 1. The lowest BCUT2D eigenvalue weighted by Gasteiger charge is -2.56. The van der Waals surface area contributed by atoms with Gasteiger partial charge in [0, 0.05) is 31.0 Å². The lowest BCUT2D eigenvalue weighted by Crippen LogP contribution is -2.60. The zero-order valence-electron chi connectivity index (χ0n) is 14.1. The zero-order valence-corrected chi connectivity index (χ0v) is 14.1. The summed E-state index contributed by atoms with van der Waals surface area (Å²) in [5.41, 5.74) is 2.07. The van der Waals surface area contributed by atoms with E-state index < -0.39 is 0 Å². The molecule has 124 valence electrons. The van der Waals surface area contributed by atoms with Crippen molar-refractivity contribution in [3.8, 4) is 0 Å². The number of hydrogen-bond acceptors (Lipinski definition) is 2. The molecule has 0 radical (unpaired) electrons. The summed E-state index contributed by atoms with van der Waals surface area (Å²) in [4.78, 5) is 14.5. The summed E-state index contributed by atoms with van der Waals surface area (Å²) in [7, 11) is 4.03. The summed E-state index contributed by atoms with van der Waals surface area (Å²) < 4.78 is 0. The van der Waals surface area contributed by atoms with Gasteiger partial charge >= 0.3 is 6.03 Å². The lowest BCUT2D eigenvalue weighted by molar-refractivity contribution is -0.0127. The molecule has 4 heteroatoms. The van der Waals surface area contributed by atoms with Gasteiger partial charge in [-0.05, 0) is 80.5 Å². The first-order valence-corrected chi connectivity index (χ1v) is 8.88. The van der Waals surface area contributed by atoms with Crippen LogP contribution >= 0.6 is 0 Å². The maximum atomic E-state index is 12.5. The first-order chi connectivity index (χ1) is 11.0. The van der Waals surface area contributed by atoms with E-state index in [9.17, 15) is 4.79 Å². The fourth-order valence-electron chi connectivity index (χ4n) is 5.51. The van der Waals surface area contributed by atoms with E-state index in [-0.39, 0.29) is 11.6 Å². The van der Waals surface area contributed by atoms with Crippen LogP contribution in [0.4, 0.5) is 16.2 Å². The third-order valence-corrected chi connectivity index (χ3v) is 6.06. The monoisotopic (exact) mass is 313 g/mol. The van der Waals surface area contributed by atoms with E-state index in [0.29, 0.717) is 0 Å². The fourth-order valence-corrected chi connectivity index (χ4v) is 5.51. The van der Waals surface area contributed by atoms with Gasteiger partial charge in [-0.1, -0.05) is 0 Å². The van der Waals surface area contributed by atoms with E-state index >= 15 is 0 Å². The third kappa shape index (κ3) is 2.91. The Morgan fingerprint density at radius 3 is 2.00 bits per heavy atom. The minimum Gasteiger partial charge on any atom is -0.378 e. The van der Waals surface area contributed by atoms with Gasteiger partial charge in [-0.2, -0.15) is 0 Å². The highest BCUT2D eigenvalue weighted by Crippen LogP contribution is 2.55. The maximum Gasteiger partial charge on any atom is 0.319 e. The summed E-state index contributed by atoms with van der Waals surface area (Å²) in [6, 6.07) is 7.95. The molecule has 0 atom stereocenters. The third-order valence-electron chi connectivity index (χ3n) is 6.06. The second-order valence-electron chi connectivity index (χ2n) is 8.22. The van der Waals surface area contributed by atoms with E-state index in [1.165, 1.54) is 38.5 Å². The van der Waals surface area contributed by atoms with Crippen LogP contribution in [0.2, 0.25) is 0 Å². The molecule has 1 aromatic carbocycles. The second-order valence-corrected chi connectivity index (χ2v) is 8.22. The Morgan fingerprint density at radius 1 is 1.00 bits per heavy atom. The van der Waals surface area contributed by atoms with Crippen molar-refractivity contribution in [3.05, 3.63) is 24.3 Å². The van der Waals surface area contributed by atoms with Gasteiger partial charge in [0.25, 0.3) is 0 Å². The van der Waals surface area contributed by atoms with Crippen molar-refractivity contribution in [2.45, 2.75) is 44.1 Å². The molecule has 4 aliphatic carbocycles. The number of benzene rings is 1. The molecule has 0 unspecified atom stereocenters. The van der Waals surface area contributed by atoms with E-state index in [1.807, 2.05) is 38.4 Å². The molecule has 4 fully saturated rings. The Morgan fingerprint density at radius 2 is 1.52 bits per heavy atom. The van der Waals surface area contributed by atoms with Crippen molar-refractivity contribution in [3.63, 3.8) is 0 Å². The van der Waals surface area contributed by atoms with Gasteiger partial charge in [0.15, 0.2) is 0 Å². The Bertz CT molecular complexity index is 558. The zero-order chi connectivity index (χ0) is 16.0. The smallest absolute Gasteiger partial charge is 0.319 e. The summed E-state index contributed by atoms with van der Waals surface area (Å²) in [6.07, 6.45) is 7.75. The van der Waals surface area contributed by atoms with Crippen molar-refractivity contribution < 1.29 is 4.79 Å². The largest absolute Gasteiger partial charge is 0.378 e. The van der Waals surface area contributed by atoms with Gasteiger partial charge < -0.3 is 15.5 Å². The molecule has 2 amide bonds. The predicted octanol–water partition coefficient (Wildman–Crippen LogP) is 3.84. The Kier molecular flexibility index (Phi) is 3.51. The van der Waals surface area contributed by atoms with Gasteiger partial charge in [0.2, 0.25) is 0 Å². The molecule has 2 N–H and O–H groups in total. The SMILES string of the molecule is CN(C)c1ccc(NC(=O)NC23CC4CC(CC(C4)C2)C3)cc1. The Balaban J connectivity index is 1.40. The standard InChI is InChI=1S/C19H27N3O/c1-22(2)17-5-3-16(4-6-17)20-18(23)21-19-10-13-7-14(11-19)9-15(8-13)12-19/h3-6,13-15H,7-12H2,1-2H3,(H2,20,21,23). The molecule has 0 saturated heterocycles. The molecule has 0 aromatic heterocycles. The Labute approximate surface area is 138 Å². The summed E-state index contributed by atoms with van der Waals surface area (Å²) in [6.45, 7) is 0. The van der Waals surface area contributed by atoms with Gasteiger partial charge in [-0.3, -0.25) is 0 Å². The minimum absolute atomic E-state index is 0.0375. The van der Waals surface area contributed by atoms with Gasteiger partial charge in [0.1, 0.15) is 0 Å². The van der Waals surface area contributed by atoms with Crippen LogP contribution in [0.1, 0.15) is 38.5 Å². The highest BCUT2D eigenvalue weighted by molar-refractivity contribution is 5.90. The summed E-state index contributed by atoms with van der Waals surface area (Å²) in [5.74, 6) is 2.54. The molecule has 4 bridgehead atoms. The van der Waals surface area contributed by atoms with E-state index in [1.54, 1.807) is 0 Å². The van der Waals surface area contributed by atoms with Crippen molar-refractivity contribution in [1.29, 1.82) is 0 Å². The molecule has 5 rings (SSSR count). The number of rotatable bonds is 3. The van der Waals surface area contributed by atoms with Crippen LogP contribution in [0.3, 0.4) is 0 Å². The highest BCUT2D eigenvalue weighted by Gasteiger charge is 2.51. The molecule has 4 nitrogen and oxygen atoms in total. The van der Waals surface area contributed by atoms with Gasteiger partial charge in [0.05, 0.1) is 0 Å². The lowest BCUT2D eigenvalue weighted by atomic mass is 9.53. The number of nitrogens with zero attached hydrogens (tertiary/aromatic N) is 1. The number of amides is 2. The average Bonchev–Trinajstić information content (AvgIpc) is 2.45. The summed E-state index contributed by atoms with van der Waals surface area (Å²) in [5, 5.41) is 6.36. The molecule has 4 saturated carbocycles. The van der Waals surface area contributed by atoms with Crippen LogP contribution < -0.4 is 15.5 Å². The number of urea groups is 1. The molecule has 0 aliphatic heterocycles. The van der Waals surface area contributed by atoms with Crippen molar-refractivity contribution in [2.75, 3.05) is 24.3 Å². The van der Waals surface area contributed by atoms with Crippen molar-refractivity contribution in [2.24, 2.45) is 17.8 Å². The molecule has 1 aromatic rings. The molecule has 23 heavy (non-hydrogen) atoms. The quantitative estimate of drug-likeness (QED) is 0.890. The molecular weight excluding hydrogens is 286 g/mol. The fraction of sp³-hybridized carbons (Fsp3) is 0.632. The van der Waals surface area contributed by atoms with E-state index in [4.69, 9.17) is 0 Å². The first kappa shape index (κ1) is 14.9. The number of carbonyl (C=O) groups excluding carboxylic acids is 1. The van der Waals surface area contributed by atoms with Gasteiger partial charge in [-0.25, -0.2) is 4.79 Å². The van der Waals surface area contributed by atoms with E-state index in [2.05, 4.69) is 15.5 Å². The van der Waals surface area contributed by atoms with Crippen LogP contribution in [0, 0.1) is 17.8 Å². The van der Waals surface area contributed by atoms with Crippen LogP contribution in [0.25, 0.3) is 0 Å². The van der Waals surface area contributed by atoms with Crippen LogP contribution in [0.5, 0.6) is 0 Å². The predicted molar refractivity (Wildman–Crippen MR) is 93.8 cm³/mol. The topological polar surface area (TPSA) is 44.4 Å². The first-order valence-electron chi connectivity index (χ1n) is 8.88. The summed E-state index contributed by atoms with van der Waals surface area (Å²) >= 11 is 0. The highest BCUT2D eigenvalue weighted by atomic mass is 16.2. The second kappa shape index (κ2) is 5.43.